The summed E-state index contributed by atoms with van der Waals surface area (Å²) < 4.78 is 11.8. The van der Waals surface area contributed by atoms with Gasteiger partial charge in [-0.3, -0.25) is 4.79 Å². The second-order valence-corrected chi connectivity index (χ2v) is 6.12. The summed E-state index contributed by atoms with van der Waals surface area (Å²) in [5.74, 6) is 1.02. The molecule has 0 saturated heterocycles. The first kappa shape index (κ1) is 12.4. The summed E-state index contributed by atoms with van der Waals surface area (Å²) >= 11 is 0. The summed E-state index contributed by atoms with van der Waals surface area (Å²) in [6.45, 7) is 4.01. The maximum atomic E-state index is 12.2. The van der Waals surface area contributed by atoms with Crippen molar-refractivity contribution in [3.8, 4) is 0 Å². The molecule has 3 aliphatic rings. The van der Waals surface area contributed by atoms with Gasteiger partial charge in [-0.15, -0.1) is 0 Å². The van der Waals surface area contributed by atoms with Crippen LogP contribution in [0.4, 0.5) is 0 Å². The maximum absolute atomic E-state index is 12.2. The number of hydrogen-bond donors (Lipinski definition) is 0. The van der Waals surface area contributed by atoms with Crippen molar-refractivity contribution in [1.82, 2.24) is 0 Å². The van der Waals surface area contributed by atoms with Gasteiger partial charge in [0, 0.05) is 6.42 Å². The van der Waals surface area contributed by atoms with Crippen LogP contribution in [-0.4, -0.2) is 23.8 Å². The van der Waals surface area contributed by atoms with E-state index < -0.39 is 0 Å². The Morgan fingerprint density at radius 1 is 1.44 bits per heavy atom. The average Bonchev–Trinajstić information content (AvgIpc) is 2.86. The van der Waals surface area contributed by atoms with Crippen molar-refractivity contribution in [2.45, 2.75) is 63.9 Å². The summed E-state index contributed by atoms with van der Waals surface area (Å²) in [5.41, 5.74) is -0.346. The number of ether oxygens (including phenoxy) is 2. The van der Waals surface area contributed by atoms with Gasteiger partial charge in [0.2, 0.25) is 0 Å². The zero-order valence-corrected chi connectivity index (χ0v) is 11.2. The fraction of sp³-hybridized carbons (Fsp3) is 0.800. The number of carbonyl (C=O) groups excluding carboxylic acids is 1. The van der Waals surface area contributed by atoms with E-state index in [1.165, 1.54) is 6.42 Å². The van der Waals surface area contributed by atoms with E-state index in [0.29, 0.717) is 11.7 Å². The molecule has 2 aliphatic carbocycles. The highest BCUT2D eigenvalue weighted by molar-refractivity contribution is 5.84. The van der Waals surface area contributed by atoms with Crippen LogP contribution in [0.5, 0.6) is 0 Å². The van der Waals surface area contributed by atoms with Gasteiger partial charge in [0.1, 0.15) is 5.78 Å². The summed E-state index contributed by atoms with van der Waals surface area (Å²) in [6.07, 6.45) is 9.05. The van der Waals surface area contributed by atoms with Crippen LogP contribution < -0.4 is 0 Å². The van der Waals surface area contributed by atoms with Crippen molar-refractivity contribution < 1.29 is 14.3 Å². The third-order valence-electron chi connectivity index (χ3n) is 4.53. The molecule has 2 fully saturated rings. The Bertz CT molecular complexity index is 374. The standard InChI is InChI=1S/C15H22O3/c1-10(2)17-13-7-9-15(18-13)8-6-11-4-3-5-12(16)14(11)15/h7,9-11,13-14H,3-6,8H2,1-2H3/t11-,13?,14+,15-/m1/s1. The average molecular weight is 250 g/mol. The van der Waals surface area contributed by atoms with Crippen molar-refractivity contribution in [3.05, 3.63) is 12.2 Å². The van der Waals surface area contributed by atoms with Gasteiger partial charge in [-0.1, -0.05) is 6.08 Å². The molecule has 0 aromatic carbocycles. The third kappa shape index (κ3) is 1.94. The van der Waals surface area contributed by atoms with Crippen molar-refractivity contribution in [2.24, 2.45) is 11.8 Å². The lowest BCUT2D eigenvalue weighted by molar-refractivity contribution is -0.185. The van der Waals surface area contributed by atoms with Crippen molar-refractivity contribution >= 4 is 5.78 Å². The van der Waals surface area contributed by atoms with E-state index in [4.69, 9.17) is 9.47 Å². The van der Waals surface area contributed by atoms with E-state index in [2.05, 4.69) is 6.08 Å². The number of rotatable bonds is 2. The molecule has 0 radical (unpaired) electrons. The molecular formula is C15H22O3. The SMILES string of the molecule is CC(C)OC1C=C[C@@]2(CC[C@H]3CCCC(=O)[C@H]32)O1. The Labute approximate surface area is 109 Å². The highest BCUT2D eigenvalue weighted by Gasteiger charge is 2.55. The van der Waals surface area contributed by atoms with Gasteiger partial charge in [0.25, 0.3) is 0 Å². The van der Waals surface area contributed by atoms with Crippen LogP contribution in [0.15, 0.2) is 12.2 Å². The monoisotopic (exact) mass is 250 g/mol. The number of Topliss-reactive ketones (excluding diaryl/α,β-unsaturated/α-hetero) is 1. The molecule has 1 heterocycles. The molecule has 3 heteroatoms. The Kier molecular flexibility index (Phi) is 3.07. The minimum atomic E-state index is -0.346. The lowest BCUT2D eigenvalue weighted by Crippen LogP contribution is -2.42. The predicted octanol–water partition coefficient (Wildman–Crippen LogP) is 2.84. The lowest BCUT2D eigenvalue weighted by atomic mass is 9.75. The molecule has 4 atom stereocenters. The normalized spacial score (nSPS) is 43.1. The summed E-state index contributed by atoms with van der Waals surface area (Å²) in [7, 11) is 0. The Morgan fingerprint density at radius 3 is 3.06 bits per heavy atom. The summed E-state index contributed by atoms with van der Waals surface area (Å²) in [5, 5.41) is 0. The molecule has 1 aliphatic heterocycles. The zero-order chi connectivity index (χ0) is 12.8. The highest BCUT2D eigenvalue weighted by atomic mass is 16.7. The van der Waals surface area contributed by atoms with E-state index in [1.807, 2.05) is 19.9 Å². The molecule has 0 aromatic rings. The number of carbonyl (C=O) groups is 1. The number of hydrogen-bond acceptors (Lipinski definition) is 3. The van der Waals surface area contributed by atoms with Crippen LogP contribution in [-0.2, 0) is 14.3 Å². The van der Waals surface area contributed by atoms with Gasteiger partial charge < -0.3 is 9.47 Å². The second kappa shape index (κ2) is 4.46. The molecule has 0 aromatic heterocycles. The molecule has 0 N–H and O–H groups in total. The van der Waals surface area contributed by atoms with Crippen LogP contribution in [0.1, 0.15) is 46.0 Å². The summed E-state index contributed by atoms with van der Waals surface area (Å²) in [4.78, 5) is 12.2. The lowest BCUT2D eigenvalue weighted by Gasteiger charge is -2.35. The predicted molar refractivity (Wildman–Crippen MR) is 68.0 cm³/mol. The van der Waals surface area contributed by atoms with Crippen molar-refractivity contribution in [2.75, 3.05) is 0 Å². The first-order valence-corrected chi connectivity index (χ1v) is 7.16. The molecule has 3 nitrogen and oxygen atoms in total. The minimum absolute atomic E-state index is 0.0864. The first-order valence-electron chi connectivity index (χ1n) is 7.16. The first-order chi connectivity index (χ1) is 8.61. The molecule has 0 amide bonds. The Balaban J connectivity index is 1.77. The molecular weight excluding hydrogens is 228 g/mol. The van der Waals surface area contributed by atoms with Gasteiger partial charge in [0.05, 0.1) is 17.6 Å². The highest BCUT2D eigenvalue weighted by Crippen LogP contribution is 2.51. The quantitative estimate of drug-likeness (QED) is 0.707. The number of fused-ring (bicyclic) bond motifs is 2. The topological polar surface area (TPSA) is 35.5 Å². The fourth-order valence-corrected chi connectivity index (χ4v) is 3.87. The molecule has 3 rings (SSSR count). The molecule has 18 heavy (non-hydrogen) atoms. The van der Waals surface area contributed by atoms with Crippen LogP contribution >= 0.6 is 0 Å². The third-order valence-corrected chi connectivity index (χ3v) is 4.53. The Morgan fingerprint density at radius 2 is 2.28 bits per heavy atom. The van der Waals surface area contributed by atoms with Gasteiger partial charge in [-0.05, 0) is 51.5 Å². The number of ketones is 1. The molecule has 0 bridgehead atoms. The van der Waals surface area contributed by atoms with Crippen LogP contribution in [0.25, 0.3) is 0 Å². The molecule has 1 spiro atoms. The second-order valence-electron chi connectivity index (χ2n) is 6.12. The molecule has 1 unspecified atom stereocenters. The van der Waals surface area contributed by atoms with Crippen molar-refractivity contribution in [3.63, 3.8) is 0 Å². The van der Waals surface area contributed by atoms with Crippen LogP contribution in [0.2, 0.25) is 0 Å². The van der Waals surface area contributed by atoms with Crippen LogP contribution in [0, 0.1) is 11.8 Å². The van der Waals surface area contributed by atoms with Gasteiger partial charge in [-0.25, -0.2) is 0 Å². The van der Waals surface area contributed by atoms with Crippen LogP contribution in [0.3, 0.4) is 0 Å². The summed E-state index contributed by atoms with van der Waals surface area (Å²) in [6, 6.07) is 0. The van der Waals surface area contributed by atoms with Crippen molar-refractivity contribution in [1.29, 1.82) is 0 Å². The molecule has 2 saturated carbocycles. The largest absolute Gasteiger partial charge is 0.346 e. The Hall–Kier alpha value is -0.670. The van der Waals surface area contributed by atoms with Gasteiger partial charge in [-0.2, -0.15) is 0 Å². The van der Waals surface area contributed by atoms with E-state index in [9.17, 15) is 4.79 Å². The minimum Gasteiger partial charge on any atom is -0.346 e. The molecule has 100 valence electrons. The van der Waals surface area contributed by atoms with Gasteiger partial charge in [0.15, 0.2) is 6.29 Å². The zero-order valence-electron chi connectivity index (χ0n) is 11.2. The van der Waals surface area contributed by atoms with E-state index in [-0.39, 0.29) is 23.9 Å². The van der Waals surface area contributed by atoms with E-state index in [1.54, 1.807) is 0 Å². The smallest absolute Gasteiger partial charge is 0.178 e. The fourth-order valence-electron chi connectivity index (χ4n) is 3.87. The maximum Gasteiger partial charge on any atom is 0.178 e. The van der Waals surface area contributed by atoms with E-state index in [0.717, 1.165) is 25.7 Å². The van der Waals surface area contributed by atoms with E-state index >= 15 is 0 Å². The van der Waals surface area contributed by atoms with Gasteiger partial charge >= 0.3 is 0 Å².